The number of fused-ring (bicyclic) bond motifs is 1. The first kappa shape index (κ1) is 14.2. The largest absolute Gasteiger partial charge is 0.484 e. The molecule has 0 aliphatic rings. The third-order valence-electron chi connectivity index (χ3n) is 2.15. The Morgan fingerprint density at radius 2 is 2.25 bits per heavy atom. The molecule has 0 radical (unpaired) electrons. The monoisotopic (exact) mass is 302 g/mol. The number of allylic oxidation sites excluding steroid dienone is 1. The van der Waals surface area contributed by atoms with Gasteiger partial charge >= 0.3 is 7.60 Å². The predicted molar refractivity (Wildman–Crippen MR) is 67.5 cm³/mol. The maximum atomic E-state index is 11.5. The van der Waals surface area contributed by atoms with Gasteiger partial charge in [-0.1, -0.05) is 11.8 Å². The predicted octanol–water partition coefficient (Wildman–Crippen LogP) is -1.24. The van der Waals surface area contributed by atoms with E-state index in [-0.39, 0.29) is 29.4 Å². The highest BCUT2D eigenvalue weighted by molar-refractivity contribution is 7.51. The highest BCUT2D eigenvalue weighted by Gasteiger charge is 2.16. The minimum atomic E-state index is -4.29. The van der Waals surface area contributed by atoms with E-state index < -0.39 is 19.5 Å². The highest BCUT2D eigenvalue weighted by Crippen LogP contribution is 2.34. The van der Waals surface area contributed by atoms with E-state index in [1.807, 2.05) is 0 Å². The molecule has 2 rings (SSSR count). The molecule has 0 atom stereocenters. The van der Waals surface area contributed by atoms with Gasteiger partial charge in [-0.25, -0.2) is 4.68 Å². The summed E-state index contributed by atoms with van der Waals surface area (Å²) in [6.07, 6.45) is -0.797. The number of anilines is 1. The summed E-state index contributed by atoms with van der Waals surface area (Å²) in [5, 5.41) is 7.30. The van der Waals surface area contributed by atoms with Crippen molar-refractivity contribution in [3.8, 4) is 0 Å². The van der Waals surface area contributed by atoms with Crippen LogP contribution in [0.2, 0.25) is 0 Å². The molecule has 11 nitrogen and oxygen atoms in total. The van der Waals surface area contributed by atoms with Crippen LogP contribution in [0.4, 0.5) is 5.95 Å². The quantitative estimate of drug-likeness (QED) is 0.389. The molecule has 0 aliphatic heterocycles. The second-order valence-electron chi connectivity index (χ2n) is 3.85. The van der Waals surface area contributed by atoms with E-state index in [1.54, 1.807) is 0 Å². The molecule has 0 fully saturated rings. The van der Waals surface area contributed by atoms with Crippen molar-refractivity contribution >= 4 is 24.7 Å². The lowest BCUT2D eigenvalue weighted by Gasteiger charge is -2.09. The van der Waals surface area contributed by atoms with Gasteiger partial charge in [0.1, 0.15) is 12.3 Å². The molecule has 0 aromatic carbocycles. The van der Waals surface area contributed by atoms with Crippen LogP contribution in [-0.4, -0.2) is 41.1 Å². The van der Waals surface area contributed by atoms with Gasteiger partial charge in [-0.2, -0.15) is 4.98 Å². The van der Waals surface area contributed by atoms with Gasteiger partial charge in [0.15, 0.2) is 17.5 Å². The Labute approximate surface area is 111 Å². The number of nitrogens with zero attached hydrogens (tertiary/aromatic N) is 4. The maximum Gasteiger partial charge on any atom is 0.362 e. The Hall–Kier alpha value is -2.23. The fourth-order valence-electron chi connectivity index (χ4n) is 1.38. The lowest BCUT2D eigenvalue weighted by molar-refractivity contribution is 0.214. The van der Waals surface area contributed by atoms with Crippen LogP contribution in [0.25, 0.3) is 11.2 Å². The molecule has 0 saturated carbocycles. The van der Waals surface area contributed by atoms with Crippen LogP contribution < -0.4 is 11.3 Å². The van der Waals surface area contributed by atoms with Crippen LogP contribution in [0, 0.1) is 0 Å². The zero-order valence-corrected chi connectivity index (χ0v) is 10.9. The van der Waals surface area contributed by atoms with Crippen molar-refractivity contribution < 1.29 is 19.1 Å². The molecular weight excluding hydrogens is 291 g/mol. The number of H-pyrrole nitrogens is 1. The summed E-state index contributed by atoms with van der Waals surface area (Å²) < 4.78 is 16.6. The summed E-state index contributed by atoms with van der Waals surface area (Å²) >= 11 is 0. The summed E-state index contributed by atoms with van der Waals surface area (Å²) in [5.41, 5.74) is 4.97. The van der Waals surface area contributed by atoms with Crippen LogP contribution >= 0.6 is 7.60 Å². The lowest BCUT2D eigenvalue weighted by atomic mass is 10.5. The van der Waals surface area contributed by atoms with Gasteiger partial charge in [0.05, 0.1) is 0 Å². The number of nitrogens with one attached hydrogen (secondary N) is 1. The molecule has 5 N–H and O–H groups in total. The van der Waals surface area contributed by atoms with Crippen molar-refractivity contribution in [2.24, 2.45) is 0 Å². The van der Waals surface area contributed by atoms with Crippen LogP contribution in [0.1, 0.15) is 0 Å². The van der Waals surface area contributed by atoms with Crippen molar-refractivity contribution in [2.75, 3.05) is 12.1 Å². The molecule has 0 aliphatic carbocycles. The average molecular weight is 302 g/mol. The van der Waals surface area contributed by atoms with E-state index in [0.29, 0.717) is 0 Å². The lowest BCUT2D eigenvalue weighted by Crippen LogP contribution is -2.13. The van der Waals surface area contributed by atoms with Crippen molar-refractivity contribution in [2.45, 2.75) is 6.54 Å². The Kier molecular flexibility index (Phi) is 3.57. The zero-order chi connectivity index (χ0) is 14.9. The fourth-order valence-corrected chi connectivity index (χ4v) is 1.73. The van der Waals surface area contributed by atoms with Crippen LogP contribution in [0.5, 0.6) is 0 Å². The molecule has 0 unspecified atom stereocenters. The second kappa shape index (κ2) is 5.04. The first-order chi connectivity index (χ1) is 9.26. The summed E-state index contributed by atoms with van der Waals surface area (Å²) in [4.78, 5) is 35.0. The molecule has 0 amide bonds. The number of ether oxygens (including phenoxy) is 1. The number of nitrogens with two attached hydrogens (primary N) is 1. The molecule has 12 heteroatoms. The number of aromatic amines is 1. The highest BCUT2D eigenvalue weighted by atomic mass is 31.2. The first-order valence-corrected chi connectivity index (χ1v) is 7.00. The normalized spacial score (nSPS) is 11.7. The Morgan fingerprint density at radius 1 is 1.55 bits per heavy atom. The fraction of sp³-hybridized carbons (Fsp3) is 0.250. The SMILES string of the molecule is C=C(Cn1nnc2c(=O)[nH]c(N)nc21)OCP(=O)(O)O. The molecule has 2 heterocycles. The van der Waals surface area contributed by atoms with E-state index in [1.165, 1.54) is 4.68 Å². The molecule has 2 aromatic heterocycles. The summed E-state index contributed by atoms with van der Waals surface area (Å²) in [6, 6.07) is 0. The number of hydrogen-bond acceptors (Lipinski definition) is 7. The molecule has 0 spiro atoms. The van der Waals surface area contributed by atoms with Gasteiger partial charge in [-0.3, -0.25) is 14.3 Å². The van der Waals surface area contributed by atoms with Gasteiger partial charge < -0.3 is 20.3 Å². The maximum absolute atomic E-state index is 11.5. The van der Waals surface area contributed by atoms with E-state index in [9.17, 15) is 9.36 Å². The van der Waals surface area contributed by atoms with Gasteiger partial charge in [0.25, 0.3) is 5.56 Å². The Bertz CT molecular complexity index is 760. The van der Waals surface area contributed by atoms with E-state index in [0.717, 1.165) is 0 Å². The first-order valence-electron chi connectivity index (χ1n) is 5.20. The summed E-state index contributed by atoms with van der Waals surface area (Å²) in [7, 11) is -4.29. The minimum Gasteiger partial charge on any atom is -0.484 e. The van der Waals surface area contributed by atoms with Crippen LogP contribution in [-0.2, 0) is 15.8 Å². The van der Waals surface area contributed by atoms with E-state index >= 15 is 0 Å². The summed E-state index contributed by atoms with van der Waals surface area (Å²) in [6.45, 7) is 3.41. The van der Waals surface area contributed by atoms with Crippen LogP contribution in [0.3, 0.4) is 0 Å². The molecule has 2 aromatic rings. The van der Waals surface area contributed by atoms with Gasteiger partial charge in [0, 0.05) is 0 Å². The van der Waals surface area contributed by atoms with Crippen molar-refractivity contribution in [1.29, 1.82) is 0 Å². The molecule has 20 heavy (non-hydrogen) atoms. The molecule has 108 valence electrons. The molecular formula is C8H11N6O5P. The van der Waals surface area contributed by atoms with Crippen molar-refractivity contribution in [3.63, 3.8) is 0 Å². The number of hydrogen-bond donors (Lipinski definition) is 4. The third kappa shape index (κ3) is 3.20. The standard InChI is InChI=1S/C8H11N6O5P/c1-4(19-3-20(16,17)18)2-14-6-5(12-13-14)7(15)11-8(9)10-6/h1-3H2,(H2,16,17,18)(H3,9,10,11,15). The average Bonchev–Trinajstić information content (AvgIpc) is 2.69. The van der Waals surface area contributed by atoms with Gasteiger partial charge in [-0.15, -0.1) is 5.10 Å². The van der Waals surface area contributed by atoms with Gasteiger partial charge in [-0.05, 0) is 0 Å². The smallest absolute Gasteiger partial charge is 0.362 e. The van der Waals surface area contributed by atoms with Crippen molar-refractivity contribution in [1.82, 2.24) is 25.0 Å². The van der Waals surface area contributed by atoms with Gasteiger partial charge in [0.2, 0.25) is 5.95 Å². The number of rotatable bonds is 5. The summed E-state index contributed by atoms with van der Waals surface area (Å²) in [5.74, 6) is -0.0754. The third-order valence-corrected chi connectivity index (χ3v) is 2.62. The molecule has 0 saturated heterocycles. The number of aromatic nitrogens is 5. The zero-order valence-electron chi connectivity index (χ0n) is 10.1. The second-order valence-corrected chi connectivity index (χ2v) is 5.43. The Balaban J connectivity index is 2.20. The van der Waals surface area contributed by atoms with E-state index in [4.69, 9.17) is 20.3 Å². The Morgan fingerprint density at radius 3 is 2.90 bits per heavy atom. The molecule has 0 bridgehead atoms. The van der Waals surface area contributed by atoms with Crippen molar-refractivity contribution in [3.05, 3.63) is 22.7 Å². The van der Waals surface area contributed by atoms with Crippen LogP contribution in [0.15, 0.2) is 17.1 Å². The minimum absolute atomic E-state index is 0.0120. The van der Waals surface area contributed by atoms with E-state index in [2.05, 4.69) is 26.9 Å². The number of nitrogen functional groups attached to an aromatic ring is 1. The topological polar surface area (TPSA) is 169 Å².